The molecule has 3 atom stereocenters. The number of amides is 1. The Hall–Kier alpha value is -3.08. The van der Waals surface area contributed by atoms with Gasteiger partial charge < -0.3 is 25.4 Å². The van der Waals surface area contributed by atoms with Gasteiger partial charge in [-0.05, 0) is 60.3 Å². The van der Waals surface area contributed by atoms with E-state index in [1.807, 2.05) is 4.90 Å². The van der Waals surface area contributed by atoms with Crippen molar-refractivity contribution >= 4 is 45.0 Å². The van der Waals surface area contributed by atoms with E-state index >= 15 is 4.39 Å². The fourth-order valence-corrected chi connectivity index (χ4v) is 6.97. The molecule has 4 aliphatic rings. The average Bonchev–Trinajstić information content (AvgIpc) is 3.55. The molecule has 5 heterocycles. The van der Waals surface area contributed by atoms with Gasteiger partial charge in [0.25, 0.3) is 5.91 Å². The Kier molecular flexibility index (Phi) is 11.5. The van der Waals surface area contributed by atoms with Crippen molar-refractivity contribution < 1.29 is 36.2 Å². The van der Waals surface area contributed by atoms with Crippen LogP contribution in [-0.4, -0.2) is 85.6 Å². The molecular formula is C31H36BrClF5N7O3. The van der Waals surface area contributed by atoms with Gasteiger partial charge >= 0.3 is 12.2 Å². The number of rotatable bonds is 5. The van der Waals surface area contributed by atoms with Crippen molar-refractivity contribution in [3.8, 4) is 6.01 Å². The molecule has 3 unspecified atom stereocenters. The maximum Gasteiger partial charge on any atom is 0.416 e. The van der Waals surface area contributed by atoms with Gasteiger partial charge in [0.2, 0.25) is 0 Å². The van der Waals surface area contributed by atoms with Gasteiger partial charge in [0.15, 0.2) is 0 Å². The van der Waals surface area contributed by atoms with E-state index in [2.05, 4.69) is 41.1 Å². The van der Waals surface area contributed by atoms with E-state index in [-0.39, 0.29) is 40.8 Å². The highest BCUT2D eigenvalue weighted by molar-refractivity contribution is 9.10. The molecule has 1 amide bonds. The smallest absolute Gasteiger partial charge is 0.416 e. The van der Waals surface area contributed by atoms with Gasteiger partial charge in [0, 0.05) is 50.3 Å². The predicted molar refractivity (Wildman–Crippen MR) is 173 cm³/mol. The minimum atomic E-state index is -4.79. The first-order valence-corrected chi connectivity index (χ1v) is 16.6. The second kappa shape index (κ2) is 15.2. The second-order valence-electron chi connectivity index (χ2n) is 11.8. The van der Waals surface area contributed by atoms with E-state index in [4.69, 9.17) is 26.8 Å². The third kappa shape index (κ3) is 7.87. The molecule has 1 aromatic carbocycles. The van der Waals surface area contributed by atoms with Gasteiger partial charge in [-0.2, -0.15) is 23.1 Å². The normalized spacial score (nSPS) is 23.2. The topological polar surface area (TPSA) is 118 Å². The fourth-order valence-electron chi connectivity index (χ4n) is 6.42. The van der Waals surface area contributed by atoms with Crippen molar-refractivity contribution in [2.45, 2.75) is 63.2 Å². The summed E-state index contributed by atoms with van der Waals surface area (Å²) in [6.45, 7) is 2.69. The number of hydrogen-bond donors (Lipinski definition) is 2. The number of nitrogens with one attached hydrogen (secondary N) is 1. The number of carbonyl (C=O) groups excluding carboxylic acids is 1. The minimum Gasteiger partial charge on any atom is -0.467 e. The third-order valence-corrected chi connectivity index (χ3v) is 9.78. The average molecular weight is 765 g/mol. The van der Waals surface area contributed by atoms with E-state index in [0.717, 1.165) is 25.1 Å². The van der Waals surface area contributed by atoms with Gasteiger partial charge in [-0.3, -0.25) is 14.7 Å². The minimum absolute atomic E-state index is 0.00253. The van der Waals surface area contributed by atoms with Gasteiger partial charge in [0.1, 0.15) is 23.5 Å². The van der Waals surface area contributed by atoms with Crippen molar-refractivity contribution in [1.82, 2.24) is 20.2 Å². The van der Waals surface area contributed by atoms with Crippen LogP contribution in [0.25, 0.3) is 0 Å². The molecule has 0 bridgehead atoms. The predicted octanol–water partition coefficient (Wildman–Crippen LogP) is 5.22. The fraction of sp³-hybridized carbons (Fsp3) is 0.548. The molecule has 6 rings (SSSR count). The van der Waals surface area contributed by atoms with Crippen LogP contribution >= 0.6 is 27.5 Å². The Morgan fingerprint density at radius 2 is 2.00 bits per heavy atom. The number of hydrogen-bond acceptors (Lipinski definition) is 9. The van der Waals surface area contributed by atoms with Crippen LogP contribution in [0.2, 0.25) is 0 Å². The van der Waals surface area contributed by atoms with Gasteiger partial charge in [0.05, 0.1) is 52.8 Å². The molecule has 10 nitrogen and oxygen atoms in total. The molecule has 1 aromatic heterocycles. The number of likely N-dealkylation sites (N-methyl/N-ethyl adjacent to an activating group) is 1. The number of aliphatic imine (C=N–C) groups is 1. The summed E-state index contributed by atoms with van der Waals surface area (Å²) in [5, 5.41) is 2.41. The molecule has 0 spiro atoms. The number of anilines is 1. The number of halogens is 7. The lowest BCUT2D eigenvalue weighted by molar-refractivity contribution is -0.140. The molecule has 4 aliphatic heterocycles. The molecule has 2 aromatic rings. The Labute approximate surface area is 288 Å². The number of fused-ring (bicyclic) bond motifs is 2. The molecular weight excluding hydrogens is 729 g/mol. The molecule has 17 heteroatoms. The van der Waals surface area contributed by atoms with E-state index in [0.29, 0.717) is 54.9 Å². The number of aromatic nitrogens is 2. The van der Waals surface area contributed by atoms with Crippen LogP contribution < -0.4 is 20.7 Å². The van der Waals surface area contributed by atoms with Crippen LogP contribution in [-0.2, 0) is 28.7 Å². The first-order chi connectivity index (χ1) is 22.8. The zero-order valence-corrected chi connectivity index (χ0v) is 28.7. The Morgan fingerprint density at radius 1 is 1.23 bits per heavy atom. The van der Waals surface area contributed by atoms with Crippen LogP contribution in [0, 0.1) is 5.82 Å². The largest absolute Gasteiger partial charge is 0.467 e. The van der Waals surface area contributed by atoms with Crippen molar-refractivity contribution in [2.75, 3.05) is 51.8 Å². The Bertz CT molecular complexity index is 1580. The quantitative estimate of drug-likeness (QED) is 0.315. The molecule has 0 aliphatic carbocycles. The van der Waals surface area contributed by atoms with E-state index < -0.39 is 41.3 Å². The number of benzene rings is 1. The molecule has 2 saturated heterocycles. The van der Waals surface area contributed by atoms with Gasteiger partial charge in [-0.25, -0.2) is 8.78 Å². The maximum atomic E-state index is 15.0. The summed E-state index contributed by atoms with van der Waals surface area (Å²) in [5.41, 5.74) is 5.20. The number of nitrogens with two attached hydrogens (primary N) is 1. The van der Waals surface area contributed by atoms with Crippen molar-refractivity contribution in [3.05, 3.63) is 55.5 Å². The molecule has 262 valence electrons. The summed E-state index contributed by atoms with van der Waals surface area (Å²) >= 11 is 9.37. The van der Waals surface area contributed by atoms with Crippen LogP contribution in [0.5, 0.6) is 6.01 Å². The van der Waals surface area contributed by atoms with Crippen LogP contribution in [0.3, 0.4) is 0 Å². The maximum absolute atomic E-state index is 15.0. The van der Waals surface area contributed by atoms with Crippen LogP contribution in [0.1, 0.15) is 54.2 Å². The van der Waals surface area contributed by atoms with E-state index in [1.165, 1.54) is 27.0 Å². The van der Waals surface area contributed by atoms with Crippen LogP contribution in [0.4, 0.5) is 27.8 Å². The van der Waals surface area contributed by atoms with E-state index in [1.54, 1.807) is 0 Å². The number of methoxy groups -OCH3 is 1. The van der Waals surface area contributed by atoms with Crippen LogP contribution in [0.15, 0.2) is 32.3 Å². The lowest BCUT2D eigenvalue weighted by Crippen LogP contribution is -2.34. The monoisotopic (exact) mass is 763 g/mol. The van der Waals surface area contributed by atoms with Crippen molar-refractivity contribution in [2.24, 2.45) is 10.7 Å². The highest BCUT2D eigenvalue weighted by Gasteiger charge is 2.40. The standard InChI is InChI=1S/C24H24BrClF4N6O3.C7H12FN/c1-32-22(37)20(31)18(26)15-9-36(7-3-6-33-15)21-11-10-39-16(8-14(11)34-23(35-21)38-2)17-12(24(28,29)30)4-5-13(25)19(17)27;8-6-4-7-2-1-3-9(7)5-6/h4-5,16H,3,6-10,31H2,1-2H3,(H,32,37);6-7H,1-5H2/b20-18+;. The number of carbonyl (C=O) groups is 1. The van der Waals surface area contributed by atoms with Gasteiger partial charge in [-0.15, -0.1) is 0 Å². The van der Waals surface area contributed by atoms with Crippen molar-refractivity contribution in [1.29, 1.82) is 0 Å². The second-order valence-corrected chi connectivity index (χ2v) is 13.0. The van der Waals surface area contributed by atoms with Crippen molar-refractivity contribution in [3.63, 3.8) is 0 Å². The summed E-state index contributed by atoms with van der Waals surface area (Å²) in [6, 6.07) is 2.41. The SMILES string of the molecule is CNC(=O)/C(N)=C(\Cl)C1=NCCCN(c2nc(OC)nc3c2COC(c2c(C(F)(F)F)ccc(Br)c2F)C3)C1.FC1CC2CCCN2C1. The Morgan fingerprint density at radius 3 is 2.69 bits per heavy atom. The molecule has 0 saturated carbocycles. The number of ether oxygens (including phenoxy) is 2. The summed E-state index contributed by atoms with van der Waals surface area (Å²) < 4.78 is 79.9. The summed E-state index contributed by atoms with van der Waals surface area (Å²) in [5.74, 6) is -1.21. The molecule has 48 heavy (non-hydrogen) atoms. The highest BCUT2D eigenvalue weighted by atomic mass is 79.9. The Balaban J connectivity index is 0.000000427. The third-order valence-electron chi connectivity index (χ3n) is 8.75. The summed E-state index contributed by atoms with van der Waals surface area (Å²) in [4.78, 5) is 29.4. The summed E-state index contributed by atoms with van der Waals surface area (Å²) in [6.07, 6.45) is -2.79. The molecule has 2 fully saturated rings. The molecule has 0 radical (unpaired) electrons. The first-order valence-electron chi connectivity index (χ1n) is 15.5. The first kappa shape index (κ1) is 36.2. The lowest BCUT2D eigenvalue weighted by Gasteiger charge is -2.31. The number of alkyl halides is 4. The van der Waals surface area contributed by atoms with E-state index in [9.17, 15) is 22.4 Å². The highest BCUT2D eigenvalue weighted by Crippen LogP contribution is 2.43. The zero-order valence-electron chi connectivity index (χ0n) is 26.3. The summed E-state index contributed by atoms with van der Waals surface area (Å²) in [7, 11) is 2.78. The van der Waals surface area contributed by atoms with Gasteiger partial charge in [-0.1, -0.05) is 11.6 Å². The zero-order chi connectivity index (χ0) is 34.7. The number of nitrogens with zero attached hydrogens (tertiary/aromatic N) is 5. The molecule has 3 N–H and O–H groups in total. The lowest BCUT2D eigenvalue weighted by atomic mass is 9.94.